The minimum Gasteiger partial charge on any atom is -0.508 e. The van der Waals surface area contributed by atoms with Crippen molar-refractivity contribution in [3.63, 3.8) is 0 Å². The summed E-state index contributed by atoms with van der Waals surface area (Å²) in [7, 11) is 4.90. The predicted octanol–water partition coefficient (Wildman–Crippen LogP) is 1.71. The largest absolute Gasteiger partial charge is 0.508 e. The maximum Gasteiger partial charge on any atom is 0.120 e. The van der Waals surface area contributed by atoms with Crippen LogP contribution in [0.15, 0.2) is 18.2 Å². The summed E-state index contributed by atoms with van der Waals surface area (Å²) in [6.45, 7) is 3.15. The van der Waals surface area contributed by atoms with Crippen molar-refractivity contribution in [1.82, 2.24) is 5.32 Å². The van der Waals surface area contributed by atoms with Crippen LogP contribution in [0.1, 0.15) is 18.5 Å². The molecule has 1 aromatic carbocycles. The van der Waals surface area contributed by atoms with Crippen molar-refractivity contribution in [2.45, 2.75) is 19.1 Å². The van der Waals surface area contributed by atoms with Crippen LogP contribution >= 0.6 is 0 Å². The Morgan fingerprint density at radius 2 is 2.00 bits per heavy atom. The molecule has 0 aliphatic carbocycles. The van der Waals surface area contributed by atoms with Crippen LogP contribution in [0.5, 0.6) is 11.5 Å². The molecule has 0 aromatic heterocycles. The third-order valence-corrected chi connectivity index (χ3v) is 3.04. The maximum atomic E-state index is 9.88. The Hall–Kier alpha value is -1.30. The summed E-state index contributed by atoms with van der Waals surface area (Å²) in [6, 6.07) is 5.18. The molecule has 5 nitrogen and oxygen atoms in total. The topological polar surface area (TPSA) is 60.0 Å². The number of ether oxygens (including phenoxy) is 3. The Morgan fingerprint density at radius 3 is 2.58 bits per heavy atom. The molecule has 0 bridgehead atoms. The maximum absolute atomic E-state index is 9.88. The average molecular weight is 269 g/mol. The first-order chi connectivity index (χ1) is 9.12. The van der Waals surface area contributed by atoms with Gasteiger partial charge in [0.05, 0.1) is 19.8 Å². The number of aromatic hydroxyl groups is 1. The Bertz CT molecular complexity index is 384. The van der Waals surface area contributed by atoms with Gasteiger partial charge < -0.3 is 24.6 Å². The lowest BCUT2D eigenvalue weighted by molar-refractivity contribution is 0.0276. The number of phenolic OH excluding ortho intramolecular Hbond substituents is 1. The summed E-state index contributed by atoms with van der Waals surface area (Å²) in [5.74, 6) is 0.975. The monoisotopic (exact) mass is 269 g/mol. The molecular weight excluding hydrogens is 246 g/mol. The van der Waals surface area contributed by atoms with Gasteiger partial charge in [-0.2, -0.15) is 0 Å². The second kappa shape index (κ2) is 7.99. The highest BCUT2D eigenvalue weighted by Crippen LogP contribution is 2.28. The third kappa shape index (κ3) is 4.70. The Labute approximate surface area is 114 Å². The highest BCUT2D eigenvalue weighted by atomic mass is 16.5. The molecule has 0 aliphatic rings. The number of rotatable bonds is 8. The number of hydrogen-bond donors (Lipinski definition) is 2. The molecule has 0 aliphatic heterocycles. The van der Waals surface area contributed by atoms with Crippen LogP contribution in [-0.4, -0.2) is 45.7 Å². The van der Waals surface area contributed by atoms with E-state index in [4.69, 9.17) is 14.2 Å². The number of benzene rings is 1. The second-order valence-corrected chi connectivity index (χ2v) is 4.37. The van der Waals surface area contributed by atoms with Crippen molar-refractivity contribution in [3.8, 4) is 11.5 Å². The summed E-state index contributed by atoms with van der Waals surface area (Å²) in [5, 5.41) is 13.2. The molecule has 0 amide bonds. The van der Waals surface area contributed by atoms with Crippen LogP contribution in [0.4, 0.5) is 0 Å². The third-order valence-electron chi connectivity index (χ3n) is 3.04. The number of phenols is 1. The van der Waals surface area contributed by atoms with Gasteiger partial charge in [-0.25, -0.2) is 0 Å². The highest BCUT2D eigenvalue weighted by Gasteiger charge is 2.14. The lowest BCUT2D eigenvalue weighted by Gasteiger charge is -2.20. The summed E-state index contributed by atoms with van der Waals surface area (Å²) in [4.78, 5) is 0. The Balaban J connectivity index is 2.64. The fourth-order valence-corrected chi connectivity index (χ4v) is 1.82. The molecular formula is C14H23NO4. The van der Waals surface area contributed by atoms with E-state index in [9.17, 15) is 5.11 Å². The molecule has 1 rings (SSSR count). The van der Waals surface area contributed by atoms with Gasteiger partial charge in [-0.05, 0) is 25.1 Å². The number of methoxy groups -OCH3 is 3. The summed E-state index contributed by atoms with van der Waals surface area (Å²) in [6.07, 6.45) is -0.0137. The fraction of sp³-hybridized carbons (Fsp3) is 0.571. The normalized spacial score (nSPS) is 14.1. The minimum absolute atomic E-state index is 0.00962. The molecule has 0 saturated carbocycles. The van der Waals surface area contributed by atoms with Gasteiger partial charge in [0.2, 0.25) is 0 Å². The first-order valence-corrected chi connectivity index (χ1v) is 6.24. The van der Waals surface area contributed by atoms with Gasteiger partial charge in [-0.3, -0.25) is 0 Å². The van der Waals surface area contributed by atoms with Crippen LogP contribution < -0.4 is 10.1 Å². The second-order valence-electron chi connectivity index (χ2n) is 4.37. The Morgan fingerprint density at radius 1 is 1.26 bits per heavy atom. The lowest BCUT2D eigenvalue weighted by atomic mass is 10.1. The van der Waals surface area contributed by atoms with E-state index in [1.54, 1.807) is 33.5 Å². The van der Waals surface area contributed by atoms with E-state index in [2.05, 4.69) is 5.32 Å². The first kappa shape index (κ1) is 15.8. The summed E-state index contributed by atoms with van der Waals surface area (Å²) in [5.41, 5.74) is 0.798. The zero-order valence-corrected chi connectivity index (χ0v) is 12.0. The van der Waals surface area contributed by atoms with Crippen molar-refractivity contribution < 1.29 is 19.3 Å². The lowest BCUT2D eigenvalue weighted by Crippen LogP contribution is -2.33. The van der Waals surface area contributed by atoms with Crippen molar-refractivity contribution in [2.24, 2.45) is 0 Å². The molecule has 0 saturated heterocycles. The number of hydrogen-bond acceptors (Lipinski definition) is 5. The predicted molar refractivity (Wildman–Crippen MR) is 73.7 cm³/mol. The smallest absolute Gasteiger partial charge is 0.120 e. The quantitative estimate of drug-likeness (QED) is 0.752. The molecule has 5 heteroatoms. The average Bonchev–Trinajstić information content (AvgIpc) is 2.43. The van der Waals surface area contributed by atoms with E-state index in [1.807, 2.05) is 13.0 Å². The highest BCUT2D eigenvalue weighted by molar-refractivity contribution is 5.41. The SMILES string of the molecule is COCC(CNC(C)c1cc(OC)ccc1O)OC. The van der Waals surface area contributed by atoms with E-state index < -0.39 is 0 Å². The van der Waals surface area contributed by atoms with Crippen molar-refractivity contribution >= 4 is 0 Å². The van der Waals surface area contributed by atoms with E-state index in [1.165, 1.54) is 0 Å². The molecule has 0 fully saturated rings. The molecule has 2 atom stereocenters. The molecule has 108 valence electrons. The van der Waals surface area contributed by atoms with Crippen molar-refractivity contribution in [3.05, 3.63) is 23.8 Å². The van der Waals surface area contributed by atoms with Crippen molar-refractivity contribution in [2.75, 3.05) is 34.5 Å². The molecule has 0 radical (unpaired) electrons. The zero-order valence-electron chi connectivity index (χ0n) is 12.0. The van der Waals surface area contributed by atoms with Crippen molar-refractivity contribution in [1.29, 1.82) is 0 Å². The van der Waals surface area contributed by atoms with Crippen LogP contribution in [-0.2, 0) is 9.47 Å². The van der Waals surface area contributed by atoms with Gasteiger partial charge in [0, 0.05) is 32.4 Å². The standard InChI is InChI=1S/C14H23NO4/c1-10(15-8-12(19-4)9-17-2)13-7-11(18-3)5-6-14(13)16/h5-7,10,12,15-16H,8-9H2,1-4H3. The first-order valence-electron chi connectivity index (χ1n) is 6.24. The van der Waals surface area contributed by atoms with E-state index >= 15 is 0 Å². The van der Waals surface area contributed by atoms with Crippen LogP contribution in [0, 0.1) is 0 Å². The molecule has 2 unspecified atom stereocenters. The Kier molecular flexibility index (Phi) is 6.62. The van der Waals surface area contributed by atoms with Crippen LogP contribution in [0.2, 0.25) is 0 Å². The summed E-state index contributed by atoms with van der Waals surface area (Å²) >= 11 is 0. The van der Waals surface area contributed by atoms with E-state index in [0.717, 1.165) is 11.3 Å². The minimum atomic E-state index is -0.0137. The van der Waals surface area contributed by atoms with Crippen LogP contribution in [0.25, 0.3) is 0 Å². The van der Waals surface area contributed by atoms with Gasteiger partial charge in [0.25, 0.3) is 0 Å². The summed E-state index contributed by atoms with van der Waals surface area (Å²) < 4.78 is 15.5. The van der Waals surface area contributed by atoms with Gasteiger partial charge in [0.15, 0.2) is 0 Å². The fourth-order valence-electron chi connectivity index (χ4n) is 1.82. The molecule has 19 heavy (non-hydrogen) atoms. The van der Waals surface area contributed by atoms with Gasteiger partial charge in [0.1, 0.15) is 11.5 Å². The van der Waals surface area contributed by atoms with E-state index in [0.29, 0.717) is 13.2 Å². The number of nitrogens with one attached hydrogen (secondary N) is 1. The van der Waals surface area contributed by atoms with Crippen LogP contribution in [0.3, 0.4) is 0 Å². The van der Waals surface area contributed by atoms with Gasteiger partial charge in [-0.15, -0.1) is 0 Å². The van der Waals surface area contributed by atoms with Gasteiger partial charge >= 0.3 is 0 Å². The van der Waals surface area contributed by atoms with E-state index in [-0.39, 0.29) is 17.9 Å². The molecule has 1 aromatic rings. The molecule has 0 heterocycles. The zero-order chi connectivity index (χ0) is 14.3. The molecule has 2 N–H and O–H groups in total. The molecule has 0 spiro atoms. The van der Waals surface area contributed by atoms with Gasteiger partial charge in [-0.1, -0.05) is 0 Å².